The number of carbonyl (C=O) groups excluding carboxylic acids is 1. The SMILES string of the molecule is COc1cc(Br)cnc1C(=O)C1CC1C(=O)O. The molecule has 2 atom stereocenters. The van der Waals surface area contributed by atoms with Crippen molar-refractivity contribution in [1.29, 1.82) is 0 Å². The van der Waals surface area contributed by atoms with Crippen molar-refractivity contribution in [2.45, 2.75) is 6.42 Å². The van der Waals surface area contributed by atoms with Crippen molar-refractivity contribution in [2.24, 2.45) is 11.8 Å². The molecule has 0 aliphatic heterocycles. The molecule has 0 saturated heterocycles. The van der Waals surface area contributed by atoms with Crippen LogP contribution < -0.4 is 4.74 Å². The molecule has 0 radical (unpaired) electrons. The molecule has 0 amide bonds. The Hall–Kier alpha value is -1.43. The maximum atomic E-state index is 12.0. The number of hydrogen-bond acceptors (Lipinski definition) is 4. The van der Waals surface area contributed by atoms with Gasteiger partial charge in [0.2, 0.25) is 0 Å². The zero-order chi connectivity index (χ0) is 12.6. The minimum atomic E-state index is -0.931. The van der Waals surface area contributed by atoms with E-state index >= 15 is 0 Å². The Balaban J connectivity index is 2.23. The van der Waals surface area contributed by atoms with Crippen LogP contribution in [0.25, 0.3) is 0 Å². The van der Waals surface area contributed by atoms with Crippen LogP contribution >= 0.6 is 15.9 Å². The average Bonchev–Trinajstić information content (AvgIpc) is 3.08. The van der Waals surface area contributed by atoms with Crippen LogP contribution in [0.4, 0.5) is 0 Å². The highest BCUT2D eigenvalue weighted by Gasteiger charge is 2.49. The first-order chi connectivity index (χ1) is 8.04. The number of halogens is 1. The normalized spacial score (nSPS) is 22.0. The summed E-state index contributed by atoms with van der Waals surface area (Å²) in [6.07, 6.45) is 1.88. The number of ether oxygens (including phenoxy) is 1. The zero-order valence-corrected chi connectivity index (χ0v) is 10.6. The summed E-state index contributed by atoms with van der Waals surface area (Å²) in [5.74, 6) is -1.87. The number of rotatable bonds is 4. The first-order valence-electron chi connectivity index (χ1n) is 5.01. The van der Waals surface area contributed by atoms with Crippen LogP contribution in [0.5, 0.6) is 5.75 Å². The number of methoxy groups -OCH3 is 1. The summed E-state index contributed by atoms with van der Waals surface area (Å²) in [7, 11) is 1.45. The Morgan fingerprint density at radius 1 is 1.53 bits per heavy atom. The van der Waals surface area contributed by atoms with Crippen molar-refractivity contribution in [1.82, 2.24) is 4.98 Å². The molecule has 1 N–H and O–H groups in total. The number of aliphatic carboxylic acids is 1. The lowest BCUT2D eigenvalue weighted by atomic mass is 10.1. The van der Waals surface area contributed by atoms with Gasteiger partial charge in [0.05, 0.1) is 13.0 Å². The lowest BCUT2D eigenvalue weighted by molar-refractivity contribution is -0.138. The van der Waals surface area contributed by atoms with E-state index < -0.39 is 17.8 Å². The summed E-state index contributed by atoms with van der Waals surface area (Å²) in [6, 6.07) is 1.64. The van der Waals surface area contributed by atoms with Crippen LogP contribution in [0, 0.1) is 11.8 Å². The highest BCUT2D eigenvalue weighted by atomic mass is 79.9. The molecule has 2 unspecified atom stereocenters. The van der Waals surface area contributed by atoms with Crippen molar-refractivity contribution in [3.63, 3.8) is 0 Å². The monoisotopic (exact) mass is 299 g/mol. The van der Waals surface area contributed by atoms with E-state index in [2.05, 4.69) is 20.9 Å². The van der Waals surface area contributed by atoms with Crippen molar-refractivity contribution >= 4 is 27.7 Å². The Labute approximate surface area is 106 Å². The van der Waals surface area contributed by atoms with Crippen molar-refractivity contribution in [2.75, 3.05) is 7.11 Å². The molecule has 0 spiro atoms. The summed E-state index contributed by atoms with van der Waals surface area (Å²) < 4.78 is 5.77. The van der Waals surface area contributed by atoms with E-state index in [9.17, 15) is 9.59 Å². The Bertz CT molecular complexity index is 488. The summed E-state index contributed by atoms with van der Waals surface area (Å²) >= 11 is 3.23. The summed E-state index contributed by atoms with van der Waals surface area (Å²) in [5, 5.41) is 8.78. The average molecular weight is 300 g/mol. The van der Waals surface area contributed by atoms with Gasteiger partial charge in [-0.05, 0) is 28.4 Å². The van der Waals surface area contributed by atoms with Gasteiger partial charge >= 0.3 is 5.97 Å². The standard InChI is InChI=1S/C11H10BrNO4/c1-17-8-2-5(12)4-13-9(8)10(14)6-3-7(6)11(15)16/h2,4,6-7H,3H2,1H3,(H,15,16). The van der Waals surface area contributed by atoms with Gasteiger partial charge in [0.15, 0.2) is 5.78 Å². The van der Waals surface area contributed by atoms with E-state index in [1.54, 1.807) is 6.07 Å². The van der Waals surface area contributed by atoms with Gasteiger partial charge in [0.1, 0.15) is 11.4 Å². The molecule has 1 fully saturated rings. The lowest BCUT2D eigenvalue weighted by Crippen LogP contribution is -2.11. The molecule has 1 aromatic heterocycles. The molecule has 1 aliphatic carbocycles. The van der Waals surface area contributed by atoms with Crippen LogP contribution in [-0.2, 0) is 4.79 Å². The third kappa shape index (κ3) is 2.31. The molecule has 2 rings (SSSR count). The van der Waals surface area contributed by atoms with Gasteiger partial charge in [-0.15, -0.1) is 0 Å². The highest BCUT2D eigenvalue weighted by molar-refractivity contribution is 9.10. The second-order valence-corrected chi connectivity index (χ2v) is 4.77. The third-order valence-electron chi connectivity index (χ3n) is 2.72. The number of carboxylic acid groups (broad SMARTS) is 1. The molecule has 1 aromatic rings. The van der Waals surface area contributed by atoms with Crippen molar-refractivity contribution in [3.05, 3.63) is 22.4 Å². The molecule has 0 aromatic carbocycles. The van der Waals surface area contributed by atoms with Gasteiger partial charge in [0, 0.05) is 16.6 Å². The maximum Gasteiger partial charge on any atom is 0.307 e. The van der Waals surface area contributed by atoms with E-state index in [1.807, 2.05) is 0 Å². The van der Waals surface area contributed by atoms with Crippen LogP contribution in [0.15, 0.2) is 16.7 Å². The van der Waals surface area contributed by atoms with Crippen molar-refractivity contribution < 1.29 is 19.4 Å². The number of carboxylic acids is 1. The number of carbonyl (C=O) groups is 2. The fraction of sp³-hybridized carbons (Fsp3) is 0.364. The van der Waals surface area contributed by atoms with E-state index in [1.165, 1.54) is 13.3 Å². The highest BCUT2D eigenvalue weighted by Crippen LogP contribution is 2.42. The fourth-order valence-electron chi connectivity index (χ4n) is 1.69. The molecule has 1 saturated carbocycles. The predicted molar refractivity (Wildman–Crippen MR) is 62.1 cm³/mol. The minimum absolute atomic E-state index is 0.199. The van der Waals surface area contributed by atoms with Gasteiger partial charge in [-0.25, -0.2) is 4.98 Å². The molecule has 90 valence electrons. The summed E-state index contributed by atoms with van der Waals surface area (Å²) in [6.45, 7) is 0. The maximum absolute atomic E-state index is 12.0. The van der Waals surface area contributed by atoms with Crippen LogP contribution in [0.2, 0.25) is 0 Å². The first kappa shape index (κ1) is 12.0. The van der Waals surface area contributed by atoms with Gasteiger partial charge in [0.25, 0.3) is 0 Å². The smallest absolute Gasteiger partial charge is 0.307 e. The summed E-state index contributed by atoms with van der Waals surface area (Å²) in [4.78, 5) is 26.7. The molecular formula is C11H10BrNO4. The van der Waals surface area contributed by atoms with Crippen LogP contribution in [-0.4, -0.2) is 29.0 Å². The summed E-state index contributed by atoms with van der Waals surface area (Å²) in [5.41, 5.74) is 0.199. The van der Waals surface area contributed by atoms with Gasteiger partial charge in [-0.2, -0.15) is 0 Å². The number of pyridine rings is 1. The van der Waals surface area contributed by atoms with E-state index in [-0.39, 0.29) is 11.5 Å². The third-order valence-corrected chi connectivity index (χ3v) is 3.15. The second-order valence-electron chi connectivity index (χ2n) is 3.86. The topological polar surface area (TPSA) is 76.5 Å². The van der Waals surface area contributed by atoms with Gasteiger partial charge in [-0.3, -0.25) is 9.59 Å². The Morgan fingerprint density at radius 2 is 2.24 bits per heavy atom. The molecule has 0 bridgehead atoms. The molecule has 17 heavy (non-hydrogen) atoms. The quantitative estimate of drug-likeness (QED) is 0.857. The number of aromatic nitrogens is 1. The molecule has 6 heteroatoms. The molecule has 1 heterocycles. The molecular weight excluding hydrogens is 290 g/mol. The Morgan fingerprint density at radius 3 is 2.76 bits per heavy atom. The first-order valence-corrected chi connectivity index (χ1v) is 5.80. The van der Waals surface area contributed by atoms with Crippen molar-refractivity contribution in [3.8, 4) is 5.75 Å². The van der Waals surface area contributed by atoms with Crippen LogP contribution in [0.3, 0.4) is 0 Å². The minimum Gasteiger partial charge on any atom is -0.494 e. The van der Waals surface area contributed by atoms with E-state index in [0.717, 1.165) is 0 Å². The van der Waals surface area contributed by atoms with Crippen LogP contribution in [0.1, 0.15) is 16.9 Å². The predicted octanol–water partition coefficient (Wildman–Crippen LogP) is 1.76. The van der Waals surface area contributed by atoms with Gasteiger partial charge < -0.3 is 9.84 Å². The second kappa shape index (κ2) is 4.44. The van der Waals surface area contributed by atoms with Gasteiger partial charge in [-0.1, -0.05) is 0 Å². The number of Topliss-reactive ketones (excluding diaryl/α,β-unsaturated/α-hetero) is 1. The van der Waals surface area contributed by atoms with E-state index in [0.29, 0.717) is 16.6 Å². The molecule has 1 aliphatic rings. The largest absolute Gasteiger partial charge is 0.494 e. The fourth-order valence-corrected chi connectivity index (χ4v) is 2.00. The Kier molecular flexibility index (Phi) is 3.15. The van der Waals surface area contributed by atoms with E-state index in [4.69, 9.17) is 9.84 Å². The number of nitrogens with zero attached hydrogens (tertiary/aromatic N) is 1. The molecule has 5 nitrogen and oxygen atoms in total. The number of ketones is 1. The lowest BCUT2D eigenvalue weighted by Gasteiger charge is -2.06. The number of hydrogen-bond donors (Lipinski definition) is 1. The zero-order valence-electron chi connectivity index (χ0n) is 9.01.